The standard InChI is InChI=1S/C13H21N5O4/c1-4-6-7-22-10(19)8-18(3)17-16-12-11(14-9-15-12)13(20)21-5-2/h9H,4-8H2,1-3H3,(H,14,15). The van der Waals surface area contributed by atoms with Crippen LogP contribution in [0.4, 0.5) is 5.82 Å². The number of hydrogen-bond acceptors (Lipinski definition) is 7. The molecule has 0 fully saturated rings. The smallest absolute Gasteiger partial charge is 0.358 e. The molecule has 9 heteroatoms. The minimum atomic E-state index is -0.560. The van der Waals surface area contributed by atoms with Crippen molar-refractivity contribution in [2.45, 2.75) is 26.7 Å². The lowest BCUT2D eigenvalue weighted by atomic mass is 10.4. The van der Waals surface area contributed by atoms with Gasteiger partial charge in [0.2, 0.25) is 5.82 Å². The molecular formula is C13H21N5O4. The molecule has 0 saturated carbocycles. The summed E-state index contributed by atoms with van der Waals surface area (Å²) in [7, 11) is 1.57. The lowest BCUT2D eigenvalue weighted by molar-refractivity contribution is -0.144. The van der Waals surface area contributed by atoms with Crippen molar-refractivity contribution in [1.82, 2.24) is 15.0 Å². The number of hydrogen-bond donors (Lipinski definition) is 1. The highest BCUT2D eigenvalue weighted by atomic mass is 16.5. The van der Waals surface area contributed by atoms with E-state index in [0.717, 1.165) is 12.8 Å². The maximum atomic E-state index is 11.6. The van der Waals surface area contributed by atoms with Crippen molar-refractivity contribution in [3.8, 4) is 0 Å². The Morgan fingerprint density at radius 3 is 2.82 bits per heavy atom. The zero-order chi connectivity index (χ0) is 16.4. The predicted octanol–water partition coefficient (Wildman–Crippen LogP) is 1.86. The molecule has 0 aromatic carbocycles. The monoisotopic (exact) mass is 311 g/mol. The van der Waals surface area contributed by atoms with Gasteiger partial charge >= 0.3 is 11.9 Å². The second-order valence-corrected chi connectivity index (χ2v) is 4.40. The highest BCUT2D eigenvalue weighted by Gasteiger charge is 2.15. The lowest BCUT2D eigenvalue weighted by Crippen LogP contribution is -2.23. The summed E-state index contributed by atoms with van der Waals surface area (Å²) in [4.78, 5) is 29.6. The van der Waals surface area contributed by atoms with Crippen molar-refractivity contribution >= 4 is 17.8 Å². The molecule has 0 saturated heterocycles. The van der Waals surface area contributed by atoms with Crippen LogP contribution in [-0.2, 0) is 14.3 Å². The van der Waals surface area contributed by atoms with Crippen LogP contribution in [0, 0.1) is 0 Å². The first-order valence-corrected chi connectivity index (χ1v) is 7.07. The van der Waals surface area contributed by atoms with Crippen molar-refractivity contribution in [1.29, 1.82) is 0 Å². The Morgan fingerprint density at radius 2 is 2.14 bits per heavy atom. The molecule has 22 heavy (non-hydrogen) atoms. The Labute approximate surface area is 128 Å². The van der Waals surface area contributed by atoms with E-state index in [0.29, 0.717) is 6.61 Å². The maximum absolute atomic E-state index is 11.6. The Balaban J connectivity index is 2.52. The van der Waals surface area contributed by atoms with Crippen LogP contribution in [0.5, 0.6) is 0 Å². The van der Waals surface area contributed by atoms with Gasteiger partial charge in [0.1, 0.15) is 6.54 Å². The van der Waals surface area contributed by atoms with Gasteiger partial charge in [0.05, 0.1) is 19.5 Å². The highest BCUT2D eigenvalue weighted by molar-refractivity contribution is 5.91. The molecule has 0 radical (unpaired) electrons. The Hall–Kier alpha value is -2.45. The summed E-state index contributed by atoms with van der Waals surface area (Å²) in [6.45, 7) is 4.32. The van der Waals surface area contributed by atoms with Gasteiger partial charge in [-0.05, 0) is 13.3 Å². The number of nitrogens with one attached hydrogen (secondary N) is 1. The van der Waals surface area contributed by atoms with Crippen LogP contribution in [0.2, 0.25) is 0 Å². The third kappa shape index (κ3) is 5.90. The quantitative estimate of drug-likeness (QED) is 0.322. The van der Waals surface area contributed by atoms with E-state index >= 15 is 0 Å². The number of imidazole rings is 1. The fourth-order valence-electron chi connectivity index (χ4n) is 1.43. The van der Waals surface area contributed by atoms with Gasteiger partial charge in [-0.1, -0.05) is 18.6 Å². The average Bonchev–Trinajstić information content (AvgIpc) is 2.94. The van der Waals surface area contributed by atoms with Gasteiger partial charge in [0.25, 0.3) is 0 Å². The molecule has 1 heterocycles. The minimum absolute atomic E-state index is 0.0353. The fourth-order valence-corrected chi connectivity index (χ4v) is 1.43. The molecule has 1 aromatic heterocycles. The number of carbonyl (C=O) groups excluding carboxylic acids is 2. The molecule has 0 aliphatic carbocycles. The predicted molar refractivity (Wildman–Crippen MR) is 77.6 cm³/mol. The number of unbranched alkanes of at least 4 members (excludes halogenated alkanes) is 1. The van der Waals surface area contributed by atoms with Crippen molar-refractivity contribution < 1.29 is 19.1 Å². The molecule has 0 atom stereocenters. The van der Waals surface area contributed by atoms with Crippen molar-refractivity contribution in [3.63, 3.8) is 0 Å². The van der Waals surface area contributed by atoms with Crippen LogP contribution in [-0.4, -0.2) is 53.7 Å². The summed E-state index contributed by atoms with van der Waals surface area (Å²) >= 11 is 0. The van der Waals surface area contributed by atoms with Gasteiger partial charge in [0, 0.05) is 7.05 Å². The number of rotatable bonds is 9. The van der Waals surface area contributed by atoms with Crippen LogP contribution in [0.25, 0.3) is 0 Å². The Bertz CT molecular complexity index is 514. The first-order chi connectivity index (χ1) is 10.6. The molecule has 1 rings (SSSR count). The van der Waals surface area contributed by atoms with Crippen LogP contribution in [0.15, 0.2) is 16.7 Å². The summed E-state index contributed by atoms with van der Waals surface area (Å²) in [5, 5.41) is 8.93. The fraction of sp³-hybridized carbons (Fsp3) is 0.615. The van der Waals surface area contributed by atoms with Crippen LogP contribution in [0.3, 0.4) is 0 Å². The molecule has 0 aliphatic heterocycles. The number of aromatic amines is 1. The van der Waals surface area contributed by atoms with E-state index in [1.807, 2.05) is 6.92 Å². The molecule has 0 aliphatic rings. The zero-order valence-corrected chi connectivity index (χ0v) is 13.0. The second-order valence-electron chi connectivity index (χ2n) is 4.40. The summed E-state index contributed by atoms with van der Waals surface area (Å²) in [5.74, 6) is -0.845. The normalized spacial score (nSPS) is 10.7. The van der Waals surface area contributed by atoms with Crippen LogP contribution in [0.1, 0.15) is 37.2 Å². The maximum Gasteiger partial charge on any atom is 0.358 e. The van der Waals surface area contributed by atoms with E-state index < -0.39 is 5.97 Å². The first-order valence-electron chi connectivity index (χ1n) is 7.07. The third-order valence-electron chi connectivity index (χ3n) is 2.51. The first kappa shape index (κ1) is 17.6. The number of ether oxygens (including phenoxy) is 2. The van der Waals surface area contributed by atoms with Gasteiger partial charge < -0.3 is 14.5 Å². The van der Waals surface area contributed by atoms with Crippen LogP contribution < -0.4 is 0 Å². The number of aromatic nitrogens is 2. The van der Waals surface area contributed by atoms with Gasteiger partial charge in [-0.3, -0.25) is 9.80 Å². The number of likely N-dealkylation sites (N-methyl/N-ethyl adjacent to an activating group) is 1. The van der Waals surface area contributed by atoms with E-state index in [1.165, 1.54) is 11.3 Å². The minimum Gasteiger partial charge on any atom is -0.464 e. The lowest BCUT2D eigenvalue weighted by Gasteiger charge is -2.10. The number of esters is 2. The van der Waals surface area contributed by atoms with Crippen LogP contribution >= 0.6 is 0 Å². The molecule has 9 nitrogen and oxygen atoms in total. The third-order valence-corrected chi connectivity index (χ3v) is 2.51. The molecular weight excluding hydrogens is 290 g/mol. The van der Waals surface area contributed by atoms with E-state index in [1.54, 1.807) is 14.0 Å². The zero-order valence-electron chi connectivity index (χ0n) is 13.0. The topological polar surface area (TPSA) is 109 Å². The van der Waals surface area contributed by atoms with Crippen molar-refractivity contribution in [2.24, 2.45) is 10.3 Å². The van der Waals surface area contributed by atoms with E-state index in [2.05, 4.69) is 20.3 Å². The van der Waals surface area contributed by atoms with Crippen molar-refractivity contribution in [3.05, 3.63) is 12.0 Å². The number of H-pyrrole nitrogens is 1. The largest absolute Gasteiger partial charge is 0.464 e. The Morgan fingerprint density at radius 1 is 1.36 bits per heavy atom. The number of nitrogens with zero attached hydrogens (tertiary/aromatic N) is 4. The van der Waals surface area contributed by atoms with E-state index in [-0.39, 0.29) is 30.6 Å². The molecule has 1 N–H and O–H groups in total. The van der Waals surface area contributed by atoms with E-state index in [9.17, 15) is 9.59 Å². The summed E-state index contributed by atoms with van der Waals surface area (Å²) in [6, 6.07) is 0. The average molecular weight is 311 g/mol. The summed E-state index contributed by atoms with van der Waals surface area (Å²) in [6.07, 6.45) is 3.10. The summed E-state index contributed by atoms with van der Waals surface area (Å²) in [5.41, 5.74) is 0.115. The molecule has 122 valence electrons. The molecule has 1 aromatic rings. The van der Waals surface area contributed by atoms with Crippen molar-refractivity contribution in [2.75, 3.05) is 26.8 Å². The molecule has 0 amide bonds. The van der Waals surface area contributed by atoms with E-state index in [4.69, 9.17) is 9.47 Å². The highest BCUT2D eigenvalue weighted by Crippen LogP contribution is 2.15. The van der Waals surface area contributed by atoms with Gasteiger partial charge in [-0.2, -0.15) is 0 Å². The van der Waals surface area contributed by atoms with Gasteiger partial charge in [0.15, 0.2) is 5.69 Å². The summed E-state index contributed by atoms with van der Waals surface area (Å²) < 4.78 is 9.86. The molecule has 0 spiro atoms. The Kier molecular flexibility index (Phi) is 7.58. The molecule has 0 bridgehead atoms. The van der Waals surface area contributed by atoms with Gasteiger partial charge in [-0.25, -0.2) is 9.78 Å². The SMILES string of the molecule is CCCCOC(=O)CN(C)N=Nc1nc[nH]c1C(=O)OCC. The second kappa shape index (κ2) is 9.48. The molecule has 0 unspecified atom stereocenters. The van der Waals surface area contributed by atoms with Gasteiger partial charge in [-0.15, -0.1) is 5.11 Å². The number of carbonyl (C=O) groups is 2.